The Kier molecular flexibility index (Phi) is 4.87. The van der Waals surface area contributed by atoms with Crippen LogP contribution in [0.2, 0.25) is 0 Å². The van der Waals surface area contributed by atoms with Crippen LogP contribution in [0.1, 0.15) is 20.3 Å². The van der Waals surface area contributed by atoms with Gasteiger partial charge in [-0.05, 0) is 18.4 Å². The van der Waals surface area contributed by atoms with Gasteiger partial charge in [-0.2, -0.15) is 0 Å². The lowest BCUT2D eigenvalue weighted by molar-refractivity contribution is 0.355. The van der Waals surface area contributed by atoms with Crippen molar-refractivity contribution in [3.05, 3.63) is 22.5 Å². The molecule has 7 nitrogen and oxygen atoms in total. The Hall–Kier alpha value is -2.28. The Morgan fingerprint density at radius 1 is 1.27 bits per heavy atom. The summed E-state index contributed by atoms with van der Waals surface area (Å²) in [5.41, 5.74) is 2.86. The van der Waals surface area contributed by atoms with Crippen molar-refractivity contribution in [3.8, 4) is 11.5 Å². The Labute approximate surface area is 129 Å². The molecular formula is C15H22N4O3. The van der Waals surface area contributed by atoms with E-state index >= 15 is 0 Å². The minimum absolute atomic E-state index is 0.153. The van der Waals surface area contributed by atoms with E-state index in [9.17, 15) is 4.79 Å². The van der Waals surface area contributed by atoms with Gasteiger partial charge in [-0.3, -0.25) is 14.8 Å². The van der Waals surface area contributed by atoms with Crippen LogP contribution in [0, 0.1) is 5.92 Å². The van der Waals surface area contributed by atoms with Crippen LogP contribution in [0.25, 0.3) is 10.9 Å². The van der Waals surface area contributed by atoms with Crippen LogP contribution in [0.3, 0.4) is 0 Å². The molecule has 1 aromatic heterocycles. The summed E-state index contributed by atoms with van der Waals surface area (Å²) in [6.07, 6.45) is 0.856. The molecule has 0 saturated heterocycles. The predicted octanol–water partition coefficient (Wildman–Crippen LogP) is 1.75. The second-order valence-corrected chi connectivity index (χ2v) is 5.44. The van der Waals surface area contributed by atoms with Crippen LogP contribution in [0.15, 0.2) is 16.9 Å². The quantitative estimate of drug-likeness (QED) is 0.624. The lowest BCUT2D eigenvalue weighted by Crippen LogP contribution is -2.27. The number of methoxy groups -OCH3 is 2. The first-order valence-electron chi connectivity index (χ1n) is 7.15. The third kappa shape index (κ3) is 2.99. The number of hydrogen-bond acceptors (Lipinski definition) is 6. The second kappa shape index (κ2) is 6.65. The number of aromatic nitrogens is 2. The van der Waals surface area contributed by atoms with Crippen LogP contribution in [0.5, 0.6) is 11.5 Å². The van der Waals surface area contributed by atoms with E-state index in [1.807, 2.05) is 0 Å². The van der Waals surface area contributed by atoms with E-state index in [1.165, 1.54) is 14.2 Å². The zero-order valence-electron chi connectivity index (χ0n) is 13.3. The van der Waals surface area contributed by atoms with Gasteiger partial charge in [0.2, 0.25) is 5.95 Å². The van der Waals surface area contributed by atoms with Gasteiger partial charge in [0.05, 0.1) is 25.1 Å². The van der Waals surface area contributed by atoms with Crippen LogP contribution in [-0.2, 0) is 6.54 Å². The molecule has 120 valence electrons. The van der Waals surface area contributed by atoms with Gasteiger partial charge in [0.1, 0.15) is 0 Å². The van der Waals surface area contributed by atoms with Gasteiger partial charge in [-0.15, -0.1) is 0 Å². The molecule has 7 heteroatoms. The number of benzene rings is 1. The van der Waals surface area contributed by atoms with Crippen molar-refractivity contribution in [2.24, 2.45) is 11.8 Å². The average Bonchev–Trinajstić information content (AvgIpc) is 2.52. The molecule has 0 aliphatic carbocycles. The van der Waals surface area contributed by atoms with E-state index in [0.717, 1.165) is 6.42 Å². The highest BCUT2D eigenvalue weighted by atomic mass is 16.5. The minimum Gasteiger partial charge on any atom is -0.493 e. The lowest BCUT2D eigenvalue weighted by Gasteiger charge is -2.15. The fourth-order valence-electron chi connectivity index (χ4n) is 2.25. The molecule has 22 heavy (non-hydrogen) atoms. The summed E-state index contributed by atoms with van der Waals surface area (Å²) in [7, 11) is 3.07. The molecule has 0 bridgehead atoms. The second-order valence-electron chi connectivity index (χ2n) is 5.44. The summed E-state index contributed by atoms with van der Waals surface area (Å²) in [6, 6.07) is 3.32. The van der Waals surface area contributed by atoms with Gasteiger partial charge in [0.15, 0.2) is 11.5 Å². The highest BCUT2D eigenvalue weighted by molar-refractivity contribution is 5.82. The highest BCUT2D eigenvalue weighted by Gasteiger charge is 2.14. The highest BCUT2D eigenvalue weighted by Crippen LogP contribution is 2.30. The molecule has 0 spiro atoms. The number of hydrogen-bond donors (Lipinski definition) is 2. The number of ether oxygens (including phenoxy) is 2. The number of nitrogens with zero attached hydrogens (tertiary/aromatic N) is 2. The molecule has 1 heterocycles. The Morgan fingerprint density at radius 3 is 2.45 bits per heavy atom. The number of fused-ring (bicyclic) bond motifs is 1. The fourth-order valence-corrected chi connectivity index (χ4v) is 2.25. The van der Waals surface area contributed by atoms with Crippen molar-refractivity contribution in [1.82, 2.24) is 9.55 Å². The van der Waals surface area contributed by atoms with Crippen molar-refractivity contribution in [2.75, 3.05) is 19.6 Å². The normalized spacial score (nSPS) is 11.0. The summed E-state index contributed by atoms with van der Waals surface area (Å²) in [6.45, 7) is 4.75. The van der Waals surface area contributed by atoms with Crippen molar-refractivity contribution < 1.29 is 9.47 Å². The molecule has 0 unspecified atom stereocenters. The first kappa shape index (κ1) is 16.1. The minimum atomic E-state index is -0.153. The summed E-state index contributed by atoms with van der Waals surface area (Å²) < 4.78 is 12.0. The molecule has 3 N–H and O–H groups in total. The maximum Gasteiger partial charge on any atom is 0.262 e. The zero-order chi connectivity index (χ0) is 16.3. The monoisotopic (exact) mass is 306 g/mol. The van der Waals surface area contributed by atoms with Gasteiger partial charge in [0, 0.05) is 12.6 Å². The summed E-state index contributed by atoms with van der Waals surface area (Å²) in [4.78, 5) is 17.1. The number of hydrazine groups is 1. The van der Waals surface area contributed by atoms with Crippen LogP contribution in [-0.4, -0.2) is 23.8 Å². The van der Waals surface area contributed by atoms with Crippen LogP contribution >= 0.6 is 0 Å². The van der Waals surface area contributed by atoms with Gasteiger partial charge in [-0.1, -0.05) is 13.8 Å². The molecule has 2 aromatic rings. The SMILES string of the molecule is COc1cc2nc(NN)n(CCC(C)C)c(=O)c2cc1OC. The average molecular weight is 306 g/mol. The Balaban J connectivity index is 2.66. The molecule has 0 radical (unpaired) electrons. The van der Waals surface area contributed by atoms with Crippen LogP contribution < -0.4 is 26.3 Å². The largest absolute Gasteiger partial charge is 0.493 e. The number of nitrogen functional groups attached to an aromatic ring is 1. The predicted molar refractivity (Wildman–Crippen MR) is 86.4 cm³/mol. The van der Waals surface area contributed by atoms with Gasteiger partial charge >= 0.3 is 0 Å². The molecule has 2 rings (SSSR count). The third-order valence-corrected chi connectivity index (χ3v) is 3.52. The van der Waals surface area contributed by atoms with E-state index in [0.29, 0.717) is 40.8 Å². The van der Waals surface area contributed by atoms with Crippen molar-refractivity contribution in [1.29, 1.82) is 0 Å². The zero-order valence-corrected chi connectivity index (χ0v) is 13.3. The standard InChI is InChI=1S/C15H22N4O3/c1-9(2)5-6-19-14(20)10-7-12(21-3)13(22-4)8-11(10)17-15(19)18-16/h7-9H,5-6,16H2,1-4H3,(H,17,18). The van der Waals surface area contributed by atoms with Gasteiger partial charge in [-0.25, -0.2) is 10.8 Å². The smallest absolute Gasteiger partial charge is 0.262 e. The van der Waals surface area contributed by atoms with Gasteiger partial charge < -0.3 is 9.47 Å². The van der Waals surface area contributed by atoms with E-state index in [-0.39, 0.29) is 5.56 Å². The first-order valence-corrected chi connectivity index (χ1v) is 7.15. The number of nitrogens with one attached hydrogen (secondary N) is 1. The van der Waals surface area contributed by atoms with E-state index in [2.05, 4.69) is 24.3 Å². The van der Waals surface area contributed by atoms with Crippen LogP contribution in [0.4, 0.5) is 5.95 Å². The molecule has 0 amide bonds. The number of rotatable bonds is 6. The Bertz CT molecular complexity index is 725. The van der Waals surface area contributed by atoms with E-state index < -0.39 is 0 Å². The molecule has 0 atom stereocenters. The summed E-state index contributed by atoms with van der Waals surface area (Å²) >= 11 is 0. The molecule has 0 aliphatic heterocycles. The lowest BCUT2D eigenvalue weighted by atomic mass is 10.1. The summed E-state index contributed by atoms with van der Waals surface area (Å²) in [5.74, 6) is 7.34. The number of anilines is 1. The topological polar surface area (TPSA) is 91.4 Å². The van der Waals surface area contributed by atoms with Crippen molar-refractivity contribution in [3.63, 3.8) is 0 Å². The maximum absolute atomic E-state index is 12.7. The van der Waals surface area contributed by atoms with E-state index in [4.69, 9.17) is 15.3 Å². The molecule has 1 aromatic carbocycles. The third-order valence-electron chi connectivity index (χ3n) is 3.52. The van der Waals surface area contributed by atoms with E-state index in [1.54, 1.807) is 16.7 Å². The Morgan fingerprint density at radius 2 is 1.91 bits per heavy atom. The summed E-state index contributed by atoms with van der Waals surface area (Å²) in [5, 5.41) is 0.473. The molecule has 0 fully saturated rings. The fraction of sp³-hybridized carbons (Fsp3) is 0.467. The molecular weight excluding hydrogens is 284 g/mol. The van der Waals surface area contributed by atoms with Gasteiger partial charge in [0.25, 0.3) is 5.56 Å². The molecule has 0 aliphatic rings. The van der Waals surface area contributed by atoms with Crippen molar-refractivity contribution >= 4 is 16.9 Å². The molecule has 0 saturated carbocycles. The maximum atomic E-state index is 12.7. The van der Waals surface area contributed by atoms with Crippen molar-refractivity contribution in [2.45, 2.75) is 26.8 Å². The first-order chi connectivity index (χ1) is 10.5. The number of nitrogens with two attached hydrogens (primary N) is 1.